The molecule has 1 heterocycles. The summed E-state index contributed by atoms with van der Waals surface area (Å²) in [4.78, 5) is 26.5. The second-order valence-electron chi connectivity index (χ2n) is 4.14. The lowest BCUT2D eigenvalue weighted by molar-refractivity contribution is 0.0952. The van der Waals surface area contributed by atoms with E-state index in [1.807, 2.05) is 0 Å². The molecule has 0 saturated heterocycles. The Morgan fingerprint density at radius 2 is 1.90 bits per heavy atom. The van der Waals surface area contributed by atoms with Gasteiger partial charge in [0.1, 0.15) is 5.69 Å². The maximum atomic E-state index is 11.7. The van der Waals surface area contributed by atoms with E-state index in [4.69, 9.17) is 5.73 Å². The minimum Gasteiger partial charge on any atom is -0.366 e. The average molecular weight is 279 g/mol. The predicted octanol–water partition coefficient (Wildman–Crippen LogP) is 0.962. The van der Waals surface area contributed by atoms with Crippen LogP contribution in [-0.2, 0) is 0 Å². The Bertz CT molecular complexity index is 698. The van der Waals surface area contributed by atoms with E-state index in [-0.39, 0.29) is 12.5 Å². The minimum atomic E-state index is -0.475. The van der Waals surface area contributed by atoms with E-state index in [0.29, 0.717) is 11.3 Å². The Morgan fingerprint density at radius 1 is 1.14 bits per heavy atom. The number of rotatable bonds is 3. The number of amides is 2. The van der Waals surface area contributed by atoms with Crippen LogP contribution in [0, 0.1) is 11.8 Å². The number of hydrogen-bond acceptors (Lipinski definition) is 3. The Kier molecular flexibility index (Phi) is 4.67. The number of nitrogens with zero attached hydrogens (tertiary/aromatic N) is 1. The molecule has 0 spiro atoms. The van der Waals surface area contributed by atoms with Crippen LogP contribution in [0.15, 0.2) is 48.7 Å². The number of aromatic nitrogens is 1. The molecule has 21 heavy (non-hydrogen) atoms. The SMILES string of the molecule is NC(=O)c1ccc(C#CCNC(=O)c2ccccn2)cc1. The van der Waals surface area contributed by atoms with E-state index in [1.165, 1.54) is 0 Å². The first kappa shape index (κ1) is 14.3. The maximum absolute atomic E-state index is 11.7. The fraction of sp³-hybridized carbons (Fsp3) is 0.0625. The summed E-state index contributed by atoms with van der Waals surface area (Å²) in [5.74, 6) is 4.96. The summed E-state index contributed by atoms with van der Waals surface area (Å²) in [5.41, 5.74) is 6.67. The lowest BCUT2D eigenvalue weighted by Gasteiger charge is -1.99. The molecule has 0 radical (unpaired) electrons. The van der Waals surface area contributed by atoms with E-state index < -0.39 is 5.91 Å². The topological polar surface area (TPSA) is 85.1 Å². The normalized spacial score (nSPS) is 9.33. The van der Waals surface area contributed by atoms with Crippen molar-refractivity contribution in [3.63, 3.8) is 0 Å². The molecule has 0 unspecified atom stereocenters. The van der Waals surface area contributed by atoms with E-state index in [9.17, 15) is 9.59 Å². The highest BCUT2D eigenvalue weighted by molar-refractivity contribution is 5.93. The van der Waals surface area contributed by atoms with Gasteiger partial charge in [-0.25, -0.2) is 0 Å². The van der Waals surface area contributed by atoms with Crippen LogP contribution in [0.5, 0.6) is 0 Å². The van der Waals surface area contributed by atoms with E-state index in [1.54, 1.807) is 48.7 Å². The van der Waals surface area contributed by atoms with Crippen molar-refractivity contribution in [1.29, 1.82) is 0 Å². The summed E-state index contributed by atoms with van der Waals surface area (Å²) in [6, 6.07) is 11.7. The van der Waals surface area contributed by atoms with Crippen molar-refractivity contribution in [2.75, 3.05) is 6.54 Å². The monoisotopic (exact) mass is 279 g/mol. The van der Waals surface area contributed by atoms with Crippen molar-refractivity contribution in [2.24, 2.45) is 5.73 Å². The van der Waals surface area contributed by atoms with Gasteiger partial charge in [-0.1, -0.05) is 17.9 Å². The molecular weight excluding hydrogens is 266 g/mol. The number of carbonyl (C=O) groups is 2. The summed E-state index contributed by atoms with van der Waals surface area (Å²) in [5, 5.41) is 2.65. The van der Waals surface area contributed by atoms with Crippen LogP contribution in [-0.4, -0.2) is 23.3 Å². The fourth-order valence-corrected chi connectivity index (χ4v) is 1.58. The van der Waals surface area contributed by atoms with Gasteiger partial charge in [-0.2, -0.15) is 0 Å². The van der Waals surface area contributed by atoms with Crippen LogP contribution >= 0.6 is 0 Å². The number of pyridine rings is 1. The van der Waals surface area contributed by atoms with Crippen LogP contribution < -0.4 is 11.1 Å². The van der Waals surface area contributed by atoms with Crippen LogP contribution in [0.2, 0.25) is 0 Å². The van der Waals surface area contributed by atoms with Crippen molar-refractivity contribution in [3.05, 3.63) is 65.5 Å². The molecule has 5 heteroatoms. The third kappa shape index (κ3) is 4.18. The molecule has 2 amide bonds. The molecule has 0 aliphatic rings. The highest BCUT2D eigenvalue weighted by Gasteiger charge is 2.03. The van der Waals surface area contributed by atoms with Crippen LogP contribution in [0.3, 0.4) is 0 Å². The van der Waals surface area contributed by atoms with Gasteiger partial charge in [-0.15, -0.1) is 0 Å². The molecular formula is C16H13N3O2. The molecule has 0 saturated carbocycles. The molecule has 0 aliphatic carbocycles. The molecule has 0 bridgehead atoms. The Balaban J connectivity index is 1.89. The van der Waals surface area contributed by atoms with Crippen molar-refractivity contribution in [3.8, 4) is 11.8 Å². The molecule has 3 N–H and O–H groups in total. The summed E-state index contributed by atoms with van der Waals surface area (Å²) in [6.45, 7) is 0.215. The van der Waals surface area contributed by atoms with Gasteiger partial charge < -0.3 is 11.1 Å². The zero-order valence-electron chi connectivity index (χ0n) is 11.2. The number of benzene rings is 1. The van der Waals surface area contributed by atoms with Crippen molar-refractivity contribution in [1.82, 2.24) is 10.3 Å². The minimum absolute atomic E-state index is 0.215. The second kappa shape index (κ2) is 6.87. The third-order valence-electron chi connectivity index (χ3n) is 2.64. The van der Waals surface area contributed by atoms with E-state index >= 15 is 0 Å². The van der Waals surface area contributed by atoms with Crippen molar-refractivity contribution >= 4 is 11.8 Å². The highest BCUT2D eigenvalue weighted by Crippen LogP contribution is 2.02. The van der Waals surface area contributed by atoms with E-state index in [0.717, 1.165) is 5.56 Å². The molecule has 2 aromatic rings. The Labute approximate surface area is 122 Å². The maximum Gasteiger partial charge on any atom is 0.270 e. The summed E-state index contributed by atoms with van der Waals surface area (Å²) < 4.78 is 0. The zero-order valence-corrected chi connectivity index (χ0v) is 11.2. The average Bonchev–Trinajstić information content (AvgIpc) is 2.52. The molecule has 1 aromatic carbocycles. The Morgan fingerprint density at radius 3 is 2.52 bits per heavy atom. The largest absolute Gasteiger partial charge is 0.366 e. The van der Waals surface area contributed by atoms with Gasteiger partial charge in [-0.05, 0) is 36.4 Å². The van der Waals surface area contributed by atoms with Gasteiger partial charge in [0.15, 0.2) is 0 Å². The van der Waals surface area contributed by atoms with Crippen molar-refractivity contribution < 1.29 is 9.59 Å². The molecule has 0 atom stereocenters. The first-order valence-electron chi connectivity index (χ1n) is 6.25. The molecule has 2 rings (SSSR count). The molecule has 0 aliphatic heterocycles. The third-order valence-corrected chi connectivity index (χ3v) is 2.64. The van der Waals surface area contributed by atoms with Gasteiger partial charge in [0.05, 0.1) is 6.54 Å². The molecule has 1 aromatic heterocycles. The lowest BCUT2D eigenvalue weighted by Crippen LogP contribution is -2.24. The smallest absolute Gasteiger partial charge is 0.270 e. The van der Waals surface area contributed by atoms with Crippen LogP contribution in [0.25, 0.3) is 0 Å². The number of primary amides is 1. The van der Waals surface area contributed by atoms with Crippen LogP contribution in [0.1, 0.15) is 26.4 Å². The zero-order chi connectivity index (χ0) is 15.1. The predicted molar refractivity (Wildman–Crippen MR) is 78.4 cm³/mol. The summed E-state index contributed by atoms with van der Waals surface area (Å²) >= 11 is 0. The van der Waals surface area contributed by atoms with E-state index in [2.05, 4.69) is 22.1 Å². The molecule has 5 nitrogen and oxygen atoms in total. The first-order chi connectivity index (χ1) is 10.2. The Hall–Kier alpha value is -3.13. The second-order valence-corrected chi connectivity index (χ2v) is 4.14. The first-order valence-corrected chi connectivity index (χ1v) is 6.25. The number of nitrogens with one attached hydrogen (secondary N) is 1. The summed E-state index contributed by atoms with van der Waals surface area (Å²) in [7, 11) is 0. The van der Waals surface area contributed by atoms with Gasteiger partial charge in [0, 0.05) is 17.3 Å². The lowest BCUT2D eigenvalue weighted by atomic mass is 10.1. The van der Waals surface area contributed by atoms with Gasteiger partial charge >= 0.3 is 0 Å². The number of hydrogen-bond donors (Lipinski definition) is 2. The molecule has 0 fully saturated rings. The number of nitrogens with two attached hydrogens (primary N) is 1. The fourth-order valence-electron chi connectivity index (χ4n) is 1.58. The standard InChI is InChI=1S/C16H13N3O2/c17-15(20)13-8-6-12(7-9-13)4-3-11-19-16(21)14-5-1-2-10-18-14/h1-2,5-10H,11H2,(H2,17,20)(H,19,21). The quantitative estimate of drug-likeness (QED) is 0.821. The summed E-state index contributed by atoms with van der Waals surface area (Å²) in [6.07, 6.45) is 1.56. The van der Waals surface area contributed by atoms with Gasteiger partial charge in [-0.3, -0.25) is 14.6 Å². The van der Waals surface area contributed by atoms with Gasteiger partial charge in [0.2, 0.25) is 5.91 Å². The van der Waals surface area contributed by atoms with Crippen molar-refractivity contribution in [2.45, 2.75) is 0 Å². The molecule has 104 valence electrons. The van der Waals surface area contributed by atoms with Crippen LogP contribution in [0.4, 0.5) is 0 Å². The highest BCUT2D eigenvalue weighted by atomic mass is 16.2. The number of carbonyl (C=O) groups excluding carboxylic acids is 2. The van der Waals surface area contributed by atoms with Gasteiger partial charge in [0.25, 0.3) is 5.91 Å².